The van der Waals surface area contributed by atoms with Gasteiger partial charge in [0.25, 0.3) is 17.7 Å². The first-order valence-electron chi connectivity index (χ1n) is 11.9. The summed E-state index contributed by atoms with van der Waals surface area (Å²) in [6, 6.07) is 18.1. The van der Waals surface area contributed by atoms with E-state index in [9.17, 15) is 19.2 Å². The summed E-state index contributed by atoms with van der Waals surface area (Å²) < 4.78 is 11.0. The molecular formula is C28H21N3O6. The Hall–Kier alpha value is -4.63. The van der Waals surface area contributed by atoms with Gasteiger partial charge in [-0.3, -0.25) is 19.3 Å². The number of rotatable bonds is 5. The number of hydrogen-bond donors (Lipinski definition) is 1. The number of carbonyl (C=O) groups is 3. The number of ether oxygens (including phenoxy) is 1. The van der Waals surface area contributed by atoms with Crippen LogP contribution >= 0.6 is 0 Å². The number of anilines is 1. The normalized spacial score (nSPS) is 16.9. The fraction of sp³-hybridized carbons (Fsp3) is 0.179. The molecule has 6 rings (SSSR count). The van der Waals surface area contributed by atoms with Gasteiger partial charge < -0.3 is 14.5 Å². The van der Waals surface area contributed by atoms with Crippen LogP contribution in [0.15, 0.2) is 75.9 Å². The smallest absolute Gasteiger partial charge is 0.347 e. The highest BCUT2D eigenvalue weighted by molar-refractivity contribution is 6.22. The average Bonchev–Trinajstić information content (AvgIpc) is 3.51. The molecule has 2 aliphatic rings. The van der Waals surface area contributed by atoms with Crippen LogP contribution in [0.1, 0.15) is 43.9 Å². The molecule has 0 aliphatic carbocycles. The molecule has 1 aromatic heterocycles. The van der Waals surface area contributed by atoms with Crippen LogP contribution in [-0.4, -0.2) is 46.9 Å². The molecule has 0 saturated carbocycles. The summed E-state index contributed by atoms with van der Waals surface area (Å²) >= 11 is 0. The number of benzene rings is 3. The van der Waals surface area contributed by atoms with Crippen molar-refractivity contribution < 1.29 is 23.5 Å². The molecule has 1 fully saturated rings. The molecule has 1 saturated heterocycles. The number of nitrogens with zero attached hydrogens (tertiary/aromatic N) is 2. The first-order valence-corrected chi connectivity index (χ1v) is 11.9. The average molecular weight is 495 g/mol. The number of aromatic nitrogens is 1. The summed E-state index contributed by atoms with van der Waals surface area (Å²) in [5.41, 5.74) is 1.68. The number of fused-ring (bicyclic) bond motifs is 2. The number of imide groups is 1. The quantitative estimate of drug-likeness (QED) is 0.417. The lowest BCUT2D eigenvalue weighted by atomic mass is 10.1. The van der Waals surface area contributed by atoms with E-state index in [0.29, 0.717) is 28.8 Å². The van der Waals surface area contributed by atoms with Gasteiger partial charge in [0.05, 0.1) is 34.7 Å². The number of hydrogen-bond acceptors (Lipinski definition) is 7. The fourth-order valence-corrected chi connectivity index (χ4v) is 4.67. The van der Waals surface area contributed by atoms with Crippen LogP contribution in [0.4, 0.5) is 5.69 Å². The maximum atomic E-state index is 13.0. The Morgan fingerprint density at radius 2 is 1.81 bits per heavy atom. The van der Waals surface area contributed by atoms with E-state index >= 15 is 0 Å². The van der Waals surface area contributed by atoms with E-state index in [4.69, 9.17) is 9.15 Å². The van der Waals surface area contributed by atoms with Gasteiger partial charge in [-0.25, -0.2) is 9.78 Å². The Kier molecular flexibility index (Phi) is 5.61. The molecule has 3 aromatic carbocycles. The summed E-state index contributed by atoms with van der Waals surface area (Å²) in [4.78, 5) is 56.6. The molecular weight excluding hydrogens is 474 g/mol. The van der Waals surface area contributed by atoms with Crippen molar-refractivity contribution in [2.24, 2.45) is 0 Å². The molecule has 1 unspecified atom stereocenters. The van der Waals surface area contributed by atoms with Crippen molar-refractivity contribution in [1.29, 1.82) is 0 Å². The second-order valence-corrected chi connectivity index (χ2v) is 8.97. The van der Waals surface area contributed by atoms with Crippen molar-refractivity contribution in [3.8, 4) is 11.5 Å². The molecule has 0 bridgehead atoms. The Morgan fingerprint density at radius 1 is 0.973 bits per heavy atom. The molecule has 3 heterocycles. The molecule has 184 valence electrons. The molecule has 3 amide bonds. The van der Waals surface area contributed by atoms with Gasteiger partial charge in [0.1, 0.15) is 0 Å². The fourth-order valence-electron chi connectivity index (χ4n) is 4.67. The van der Waals surface area contributed by atoms with E-state index in [2.05, 4.69) is 10.3 Å². The second-order valence-electron chi connectivity index (χ2n) is 8.97. The van der Waals surface area contributed by atoms with Crippen LogP contribution < -0.4 is 10.9 Å². The highest BCUT2D eigenvalue weighted by Gasteiger charge is 2.38. The predicted octanol–water partition coefficient (Wildman–Crippen LogP) is 3.88. The van der Waals surface area contributed by atoms with Crippen molar-refractivity contribution in [2.45, 2.75) is 18.9 Å². The second kappa shape index (κ2) is 9.11. The van der Waals surface area contributed by atoms with E-state index in [1.807, 2.05) is 0 Å². The Bertz CT molecular complexity index is 1640. The van der Waals surface area contributed by atoms with Crippen LogP contribution in [-0.2, 0) is 4.74 Å². The molecule has 0 radical (unpaired) electrons. The highest BCUT2D eigenvalue weighted by Crippen LogP contribution is 2.27. The van der Waals surface area contributed by atoms with E-state index in [0.717, 1.165) is 12.8 Å². The maximum absolute atomic E-state index is 13.0. The minimum absolute atomic E-state index is 0.132. The number of nitrogens with one attached hydrogen (secondary N) is 1. The summed E-state index contributed by atoms with van der Waals surface area (Å²) in [6.45, 7) is 0.835. The van der Waals surface area contributed by atoms with Crippen molar-refractivity contribution in [3.05, 3.63) is 93.8 Å². The van der Waals surface area contributed by atoms with E-state index in [-0.39, 0.29) is 41.1 Å². The SMILES string of the molecule is O=C(Nc1cccc(-c2nc3ccccc3c(=O)o2)c1)c1ccc2c(c1)C(=O)N(CC1CCCO1)C2=O. The van der Waals surface area contributed by atoms with Gasteiger partial charge in [0, 0.05) is 23.4 Å². The minimum atomic E-state index is -0.499. The van der Waals surface area contributed by atoms with Crippen LogP contribution in [0.2, 0.25) is 0 Å². The maximum Gasteiger partial charge on any atom is 0.347 e. The standard InChI is InChI=1S/C28H21N3O6/c32-24(16-10-11-20-22(14-16)27(34)31(26(20)33)15-19-7-4-12-36-19)29-18-6-3-5-17(13-18)25-30-23-9-2-1-8-21(23)28(35)37-25/h1-3,5-6,8-11,13-14,19H,4,7,12,15H2,(H,29,32). The van der Waals surface area contributed by atoms with Crippen molar-refractivity contribution in [2.75, 3.05) is 18.5 Å². The van der Waals surface area contributed by atoms with E-state index in [1.165, 1.54) is 23.1 Å². The highest BCUT2D eigenvalue weighted by atomic mass is 16.5. The Balaban J connectivity index is 1.23. The number of amides is 3. The van der Waals surface area contributed by atoms with Gasteiger partial charge in [0.15, 0.2) is 0 Å². The molecule has 37 heavy (non-hydrogen) atoms. The van der Waals surface area contributed by atoms with Gasteiger partial charge in [0.2, 0.25) is 5.89 Å². The Morgan fingerprint density at radius 3 is 2.65 bits per heavy atom. The molecule has 4 aromatic rings. The number of para-hydroxylation sites is 1. The molecule has 9 heteroatoms. The topological polar surface area (TPSA) is 119 Å². The predicted molar refractivity (Wildman–Crippen MR) is 134 cm³/mol. The zero-order valence-corrected chi connectivity index (χ0v) is 19.6. The van der Waals surface area contributed by atoms with Gasteiger partial charge in [-0.05, 0) is 61.4 Å². The third kappa shape index (κ3) is 4.19. The lowest BCUT2D eigenvalue weighted by Gasteiger charge is -2.17. The molecule has 9 nitrogen and oxygen atoms in total. The van der Waals surface area contributed by atoms with Gasteiger partial charge in [-0.2, -0.15) is 0 Å². The molecule has 1 atom stereocenters. The molecule has 1 N–H and O–H groups in total. The lowest BCUT2D eigenvalue weighted by Crippen LogP contribution is -2.36. The van der Waals surface area contributed by atoms with E-state index in [1.54, 1.807) is 48.5 Å². The third-order valence-corrected chi connectivity index (χ3v) is 6.55. The summed E-state index contributed by atoms with van der Waals surface area (Å²) in [6.07, 6.45) is 1.56. The minimum Gasteiger partial charge on any atom is -0.403 e. The summed E-state index contributed by atoms with van der Waals surface area (Å²) in [7, 11) is 0. The van der Waals surface area contributed by atoms with Crippen LogP contribution in [0.25, 0.3) is 22.4 Å². The van der Waals surface area contributed by atoms with Gasteiger partial charge >= 0.3 is 5.63 Å². The molecule has 2 aliphatic heterocycles. The van der Waals surface area contributed by atoms with Gasteiger partial charge in [-0.1, -0.05) is 18.2 Å². The zero-order chi connectivity index (χ0) is 25.5. The third-order valence-electron chi connectivity index (χ3n) is 6.55. The summed E-state index contributed by atoms with van der Waals surface area (Å²) in [5.74, 6) is -1.12. The van der Waals surface area contributed by atoms with Crippen molar-refractivity contribution in [3.63, 3.8) is 0 Å². The van der Waals surface area contributed by atoms with Crippen LogP contribution in [0.5, 0.6) is 0 Å². The van der Waals surface area contributed by atoms with Crippen LogP contribution in [0, 0.1) is 0 Å². The lowest BCUT2D eigenvalue weighted by molar-refractivity contribution is 0.0475. The van der Waals surface area contributed by atoms with Gasteiger partial charge in [-0.15, -0.1) is 0 Å². The number of carbonyl (C=O) groups excluding carboxylic acids is 3. The summed E-state index contributed by atoms with van der Waals surface area (Å²) in [5, 5.41) is 3.17. The Labute approximate surface area is 210 Å². The zero-order valence-electron chi connectivity index (χ0n) is 19.6. The first kappa shape index (κ1) is 22.8. The first-order chi connectivity index (χ1) is 18.0. The monoisotopic (exact) mass is 495 g/mol. The van der Waals surface area contributed by atoms with E-state index < -0.39 is 17.4 Å². The largest absolute Gasteiger partial charge is 0.403 e. The molecule has 0 spiro atoms. The van der Waals surface area contributed by atoms with Crippen molar-refractivity contribution in [1.82, 2.24) is 9.88 Å². The van der Waals surface area contributed by atoms with Crippen molar-refractivity contribution >= 4 is 34.3 Å². The van der Waals surface area contributed by atoms with Crippen LogP contribution in [0.3, 0.4) is 0 Å².